The monoisotopic (exact) mass is 267 g/mol. The molecule has 0 aliphatic carbocycles. The van der Waals surface area contributed by atoms with Crippen LogP contribution in [0.25, 0.3) is 22.2 Å². The lowest BCUT2D eigenvalue weighted by atomic mass is 9.95. The first-order chi connectivity index (χ1) is 9.61. The maximum atomic E-state index is 5.46. The Hall–Kier alpha value is -2.29. The lowest BCUT2D eigenvalue weighted by Gasteiger charge is -2.10. The van der Waals surface area contributed by atoms with E-state index >= 15 is 0 Å². The van der Waals surface area contributed by atoms with Crippen LogP contribution in [0.1, 0.15) is 16.7 Å². The fraction of sp³-hybridized carbons (Fsp3) is 0.235. The smallest absolute Gasteiger partial charge is 0.171 e. The summed E-state index contributed by atoms with van der Waals surface area (Å²) in [7, 11) is 1.67. The molecule has 0 bridgehead atoms. The molecule has 0 aliphatic rings. The van der Waals surface area contributed by atoms with Gasteiger partial charge >= 0.3 is 0 Å². The lowest BCUT2D eigenvalue weighted by molar-refractivity contribution is 0.419. The summed E-state index contributed by atoms with van der Waals surface area (Å²) in [6.07, 6.45) is 0. The Morgan fingerprint density at radius 1 is 1.05 bits per heavy atom. The van der Waals surface area contributed by atoms with Crippen LogP contribution in [0.15, 0.2) is 34.9 Å². The molecular weight excluding hydrogens is 250 g/mol. The van der Waals surface area contributed by atoms with Crippen LogP contribution >= 0.6 is 0 Å². The zero-order valence-corrected chi connectivity index (χ0v) is 12.2. The number of rotatable bonds is 2. The molecule has 2 aromatic carbocycles. The minimum Gasteiger partial charge on any atom is -0.496 e. The molecule has 3 nitrogen and oxygen atoms in total. The third-order valence-corrected chi connectivity index (χ3v) is 3.59. The number of nitrogens with zero attached hydrogens (tertiary/aromatic N) is 1. The summed E-state index contributed by atoms with van der Waals surface area (Å²) in [5.74, 6) is 0.790. The van der Waals surface area contributed by atoms with Crippen LogP contribution < -0.4 is 4.74 Å². The predicted molar refractivity (Wildman–Crippen MR) is 80.2 cm³/mol. The second kappa shape index (κ2) is 4.67. The van der Waals surface area contributed by atoms with Gasteiger partial charge in [-0.15, -0.1) is 0 Å². The molecule has 0 fully saturated rings. The quantitative estimate of drug-likeness (QED) is 0.689. The fourth-order valence-electron chi connectivity index (χ4n) is 2.86. The van der Waals surface area contributed by atoms with E-state index in [1.54, 1.807) is 7.11 Å². The first-order valence-corrected chi connectivity index (χ1v) is 6.62. The molecule has 0 atom stereocenters. The maximum Gasteiger partial charge on any atom is 0.171 e. The molecule has 0 saturated heterocycles. The summed E-state index contributed by atoms with van der Waals surface area (Å²) < 4.78 is 10.9. The molecule has 0 unspecified atom stereocenters. The van der Waals surface area contributed by atoms with Crippen molar-refractivity contribution in [3.63, 3.8) is 0 Å². The van der Waals surface area contributed by atoms with E-state index in [4.69, 9.17) is 9.26 Å². The van der Waals surface area contributed by atoms with Gasteiger partial charge in [-0.2, -0.15) is 0 Å². The van der Waals surface area contributed by atoms with Crippen molar-refractivity contribution in [2.45, 2.75) is 20.8 Å². The molecule has 0 N–H and O–H groups in total. The van der Waals surface area contributed by atoms with Crippen LogP contribution in [-0.2, 0) is 0 Å². The number of hydrogen-bond donors (Lipinski definition) is 0. The molecule has 3 rings (SSSR count). The second-order valence-electron chi connectivity index (χ2n) is 5.14. The van der Waals surface area contributed by atoms with Crippen LogP contribution in [0, 0.1) is 20.8 Å². The summed E-state index contributed by atoms with van der Waals surface area (Å²) in [5, 5.41) is 5.21. The van der Waals surface area contributed by atoms with Gasteiger partial charge in [0.25, 0.3) is 0 Å². The van der Waals surface area contributed by atoms with Crippen molar-refractivity contribution in [1.82, 2.24) is 5.16 Å². The van der Waals surface area contributed by atoms with Gasteiger partial charge in [0, 0.05) is 5.56 Å². The van der Waals surface area contributed by atoms with Crippen LogP contribution in [0.5, 0.6) is 5.75 Å². The highest BCUT2D eigenvalue weighted by molar-refractivity contribution is 5.97. The zero-order valence-electron chi connectivity index (χ0n) is 12.2. The summed E-state index contributed by atoms with van der Waals surface area (Å²) in [5.41, 5.74) is 6.38. The van der Waals surface area contributed by atoms with E-state index in [9.17, 15) is 0 Å². The highest BCUT2D eigenvalue weighted by Crippen LogP contribution is 2.37. The molecule has 102 valence electrons. The molecule has 0 saturated carbocycles. The summed E-state index contributed by atoms with van der Waals surface area (Å²) >= 11 is 0. The van der Waals surface area contributed by atoms with Crippen molar-refractivity contribution in [1.29, 1.82) is 0 Å². The molecule has 1 aromatic heterocycles. The molecular formula is C17H17NO2. The van der Waals surface area contributed by atoms with Crippen LogP contribution in [0.4, 0.5) is 0 Å². The van der Waals surface area contributed by atoms with Crippen molar-refractivity contribution >= 4 is 11.0 Å². The maximum absolute atomic E-state index is 5.46. The molecule has 0 aliphatic heterocycles. The first-order valence-electron chi connectivity index (χ1n) is 6.62. The number of fused-ring (bicyclic) bond motifs is 1. The minimum absolute atomic E-state index is 0.749. The fourth-order valence-corrected chi connectivity index (χ4v) is 2.86. The predicted octanol–water partition coefficient (Wildman–Crippen LogP) is 4.43. The second-order valence-corrected chi connectivity index (χ2v) is 5.14. The Labute approximate surface area is 118 Å². The highest BCUT2D eigenvalue weighted by atomic mass is 16.5. The molecule has 0 spiro atoms. The standard InChI is InChI=1S/C17H17NO2/c1-10-8-11(2)15(12(3)9-10)17-16-13(19-4)6-5-7-14(16)20-18-17/h5-9H,1-4H3. The Morgan fingerprint density at radius 2 is 1.75 bits per heavy atom. The number of aromatic nitrogens is 1. The highest BCUT2D eigenvalue weighted by Gasteiger charge is 2.18. The molecule has 1 heterocycles. The molecule has 3 heteroatoms. The van der Waals surface area contributed by atoms with Gasteiger partial charge in [0.15, 0.2) is 5.58 Å². The van der Waals surface area contributed by atoms with E-state index in [0.29, 0.717) is 0 Å². The van der Waals surface area contributed by atoms with Gasteiger partial charge in [0.1, 0.15) is 11.4 Å². The van der Waals surface area contributed by atoms with Gasteiger partial charge in [-0.3, -0.25) is 0 Å². The van der Waals surface area contributed by atoms with Crippen molar-refractivity contribution in [2.24, 2.45) is 0 Å². The van der Waals surface area contributed by atoms with Gasteiger partial charge in [0.05, 0.1) is 12.5 Å². The van der Waals surface area contributed by atoms with Gasteiger partial charge in [-0.1, -0.05) is 28.9 Å². The molecule has 0 amide bonds. The van der Waals surface area contributed by atoms with Gasteiger partial charge < -0.3 is 9.26 Å². The van der Waals surface area contributed by atoms with Crippen molar-refractivity contribution < 1.29 is 9.26 Å². The van der Waals surface area contributed by atoms with Crippen LogP contribution in [0.2, 0.25) is 0 Å². The van der Waals surface area contributed by atoms with Crippen molar-refractivity contribution in [2.75, 3.05) is 7.11 Å². The number of methoxy groups -OCH3 is 1. The number of benzene rings is 2. The third kappa shape index (κ3) is 1.86. The van der Waals surface area contributed by atoms with Gasteiger partial charge in [0.2, 0.25) is 0 Å². The largest absolute Gasteiger partial charge is 0.496 e. The Kier molecular flexibility index (Phi) is 2.97. The summed E-state index contributed by atoms with van der Waals surface area (Å²) in [6.45, 7) is 6.31. The van der Waals surface area contributed by atoms with Crippen LogP contribution in [-0.4, -0.2) is 12.3 Å². The SMILES string of the molecule is COc1cccc2onc(-c3c(C)cc(C)cc3C)c12. The topological polar surface area (TPSA) is 35.3 Å². The van der Waals surface area contributed by atoms with Crippen LogP contribution in [0.3, 0.4) is 0 Å². The van der Waals surface area contributed by atoms with Gasteiger partial charge in [-0.05, 0) is 44.0 Å². The third-order valence-electron chi connectivity index (χ3n) is 3.59. The van der Waals surface area contributed by atoms with Crippen molar-refractivity contribution in [3.05, 3.63) is 47.0 Å². The van der Waals surface area contributed by atoms with Crippen molar-refractivity contribution in [3.8, 4) is 17.0 Å². The number of ether oxygens (including phenoxy) is 1. The first kappa shape index (κ1) is 12.7. The average molecular weight is 267 g/mol. The van der Waals surface area contributed by atoms with E-state index in [2.05, 4.69) is 38.1 Å². The summed E-state index contributed by atoms with van der Waals surface area (Å²) in [6, 6.07) is 10.1. The van der Waals surface area contributed by atoms with E-state index in [1.807, 2.05) is 18.2 Å². The zero-order chi connectivity index (χ0) is 14.3. The van der Waals surface area contributed by atoms with E-state index in [0.717, 1.165) is 28.0 Å². The van der Waals surface area contributed by atoms with E-state index < -0.39 is 0 Å². The molecule has 0 radical (unpaired) electrons. The van der Waals surface area contributed by atoms with E-state index in [-0.39, 0.29) is 0 Å². The Bertz CT molecular complexity index is 764. The average Bonchev–Trinajstić information content (AvgIpc) is 2.81. The summed E-state index contributed by atoms with van der Waals surface area (Å²) in [4.78, 5) is 0. The van der Waals surface area contributed by atoms with E-state index in [1.165, 1.54) is 16.7 Å². The minimum atomic E-state index is 0.749. The van der Waals surface area contributed by atoms with Gasteiger partial charge in [-0.25, -0.2) is 0 Å². The number of aryl methyl sites for hydroxylation is 3. The molecule has 20 heavy (non-hydrogen) atoms. The Balaban J connectivity index is 2.36. The molecule has 3 aromatic rings. The lowest BCUT2D eigenvalue weighted by Crippen LogP contribution is -1.92. The Morgan fingerprint density at radius 3 is 2.40 bits per heavy atom. The normalized spacial score (nSPS) is 11.0. The number of hydrogen-bond acceptors (Lipinski definition) is 3.